The fourth-order valence-corrected chi connectivity index (χ4v) is 2.09. The molecule has 0 saturated carbocycles. The van der Waals surface area contributed by atoms with Gasteiger partial charge in [0.1, 0.15) is 12.7 Å². The predicted octanol–water partition coefficient (Wildman–Crippen LogP) is 2.40. The molecule has 0 aliphatic carbocycles. The number of cyclic esters (lactones) is 1. The van der Waals surface area contributed by atoms with Crippen molar-refractivity contribution in [3.63, 3.8) is 0 Å². The maximum absolute atomic E-state index is 11.5. The summed E-state index contributed by atoms with van der Waals surface area (Å²) >= 11 is 0. The maximum Gasteiger partial charge on any atom is 0.407 e. The van der Waals surface area contributed by atoms with Crippen LogP contribution in [0.4, 0.5) is 4.79 Å². The van der Waals surface area contributed by atoms with Crippen LogP contribution in [0.5, 0.6) is 0 Å². The molecule has 1 fully saturated rings. The highest BCUT2D eigenvalue weighted by Gasteiger charge is 2.19. The van der Waals surface area contributed by atoms with E-state index >= 15 is 0 Å². The van der Waals surface area contributed by atoms with E-state index in [-0.39, 0.29) is 18.7 Å². The van der Waals surface area contributed by atoms with Gasteiger partial charge < -0.3 is 14.8 Å². The lowest BCUT2D eigenvalue weighted by molar-refractivity contribution is -0.153. The van der Waals surface area contributed by atoms with Crippen LogP contribution >= 0.6 is 0 Å². The van der Waals surface area contributed by atoms with Crippen molar-refractivity contribution in [2.24, 2.45) is 0 Å². The molecular weight excluding hydrogens is 258 g/mol. The summed E-state index contributed by atoms with van der Waals surface area (Å²) in [7, 11) is 0. The smallest absolute Gasteiger partial charge is 0.407 e. The maximum atomic E-state index is 11.5. The van der Waals surface area contributed by atoms with Crippen LogP contribution in [0, 0.1) is 0 Å². The summed E-state index contributed by atoms with van der Waals surface area (Å²) in [6, 6.07) is 9.50. The molecule has 1 N–H and O–H groups in total. The van der Waals surface area contributed by atoms with Gasteiger partial charge in [-0.1, -0.05) is 30.3 Å². The molecule has 0 spiro atoms. The Labute approximate surface area is 118 Å². The first-order valence-corrected chi connectivity index (χ1v) is 6.88. The fourth-order valence-electron chi connectivity index (χ4n) is 2.09. The molecule has 0 aromatic heterocycles. The number of esters is 1. The van der Waals surface area contributed by atoms with Crippen molar-refractivity contribution < 1.29 is 19.1 Å². The summed E-state index contributed by atoms with van der Waals surface area (Å²) < 4.78 is 10.2. The minimum atomic E-state index is -0.448. The molecule has 1 aliphatic heterocycles. The SMILES string of the molecule is O=C1CCC[C@@H](CCNC(=O)OCc2ccccc2)O1. The minimum absolute atomic E-state index is 0.0781. The van der Waals surface area contributed by atoms with Crippen molar-refractivity contribution in [1.82, 2.24) is 5.32 Å². The summed E-state index contributed by atoms with van der Waals surface area (Å²) in [5.41, 5.74) is 0.948. The number of hydrogen-bond acceptors (Lipinski definition) is 4. The number of ether oxygens (including phenoxy) is 2. The van der Waals surface area contributed by atoms with Gasteiger partial charge in [0.25, 0.3) is 0 Å². The van der Waals surface area contributed by atoms with Crippen molar-refractivity contribution in [2.75, 3.05) is 6.54 Å². The first-order chi connectivity index (χ1) is 9.74. The van der Waals surface area contributed by atoms with Gasteiger partial charge in [0, 0.05) is 19.4 Å². The Kier molecular flexibility index (Phi) is 5.41. The van der Waals surface area contributed by atoms with E-state index in [0.717, 1.165) is 18.4 Å². The number of amides is 1. The van der Waals surface area contributed by atoms with Gasteiger partial charge in [-0.3, -0.25) is 4.79 Å². The summed E-state index contributed by atoms with van der Waals surface area (Å²) in [5.74, 6) is -0.145. The van der Waals surface area contributed by atoms with E-state index < -0.39 is 6.09 Å². The third-order valence-electron chi connectivity index (χ3n) is 3.15. The standard InChI is InChI=1S/C15H19NO4/c17-14-8-4-7-13(20-14)9-10-16-15(18)19-11-12-5-2-1-3-6-12/h1-3,5-6,13H,4,7-11H2,(H,16,18)/t13-/m0/s1. The zero-order chi connectivity index (χ0) is 14.2. The molecule has 1 saturated heterocycles. The number of rotatable bonds is 5. The second-order valence-electron chi connectivity index (χ2n) is 4.78. The molecule has 2 rings (SSSR count). The van der Waals surface area contributed by atoms with Crippen molar-refractivity contribution in [3.8, 4) is 0 Å². The minimum Gasteiger partial charge on any atom is -0.462 e. The van der Waals surface area contributed by atoms with E-state index in [2.05, 4.69) is 5.32 Å². The van der Waals surface area contributed by atoms with Crippen LogP contribution in [0.1, 0.15) is 31.2 Å². The quantitative estimate of drug-likeness (QED) is 0.839. The second kappa shape index (κ2) is 7.53. The lowest BCUT2D eigenvalue weighted by atomic mass is 10.1. The number of nitrogens with one attached hydrogen (secondary N) is 1. The van der Waals surface area contributed by atoms with Crippen LogP contribution < -0.4 is 5.32 Å². The molecule has 1 aromatic carbocycles. The molecule has 1 aromatic rings. The third kappa shape index (κ3) is 4.91. The van der Waals surface area contributed by atoms with Crippen LogP contribution in [-0.2, 0) is 20.9 Å². The number of carbonyl (C=O) groups is 2. The van der Waals surface area contributed by atoms with Gasteiger partial charge in [-0.15, -0.1) is 0 Å². The fraction of sp³-hybridized carbons (Fsp3) is 0.467. The van der Waals surface area contributed by atoms with E-state index in [1.54, 1.807) is 0 Å². The van der Waals surface area contributed by atoms with Gasteiger partial charge in [0.15, 0.2) is 0 Å². The van der Waals surface area contributed by atoms with E-state index in [1.807, 2.05) is 30.3 Å². The Morgan fingerprint density at radius 1 is 1.35 bits per heavy atom. The van der Waals surface area contributed by atoms with Gasteiger partial charge in [-0.05, 0) is 18.4 Å². The molecule has 0 bridgehead atoms. The predicted molar refractivity (Wildman–Crippen MR) is 73.0 cm³/mol. The van der Waals surface area contributed by atoms with E-state index in [1.165, 1.54) is 0 Å². The summed E-state index contributed by atoms with van der Waals surface area (Å²) in [6.07, 6.45) is 2.34. The van der Waals surface area contributed by atoms with Crippen LogP contribution in [0.3, 0.4) is 0 Å². The van der Waals surface area contributed by atoms with Crippen molar-refractivity contribution in [2.45, 2.75) is 38.4 Å². The Bertz CT molecular complexity index is 446. The molecule has 1 atom stereocenters. The highest BCUT2D eigenvalue weighted by atomic mass is 16.6. The zero-order valence-corrected chi connectivity index (χ0v) is 11.3. The van der Waals surface area contributed by atoms with Crippen LogP contribution in [0.2, 0.25) is 0 Å². The summed E-state index contributed by atoms with van der Waals surface area (Å²) in [5, 5.41) is 2.66. The van der Waals surface area contributed by atoms with Crippen LogP contribution in [0.15, 0.2) is 30.3 Å². The summed E-state index contributed by atoms with van der Waals surface area (Å²) in [4.78, 5) is 22.6. The van der Waals surface area contributed by atoms with E-state index in [4.69, 9.17) is 9.47 Å². The average Bonchev–Trinajstić information content (AvgIpc) is 2.46. The van der Waals surface area contributed by atoms with Crippen molar-refractivity contribution in [1.29, 1.82) is 0 Å². The molecule has 0 unspecified atom stereocenters. The third-order valence-corrected chi connectivity index (χ3v) is 3.15. The van der Waals surface area contributed by atoms with Gasteiger partial charge in [0.2, 0.25) is 0 Å². The van der Waals surface area contributed by atoms with Crippen LogP contribution in [0.25, 0.3) is 0 Å². The van der Waals surface area contributed by atoms with E-state index in [0.29, 0.717) is 19.4 Å². The first kappa shape index (κ1) is 14.4. The average molecular weight is 277 g/mol. The largest absolute Gasteiger partial charge is 0.462 e. The van der Waals surface area contributed by atoms with Crippen molar-refractivity contribution in [3.05, 3.63) is 35.9 Å². The number of benzene rings is 1. The molecule has 0 radical (unpaired) electrons. The Hall–Kier alpha value is -2.04. The Morgan fingerprint density at radius 2 is 2.15 bits per heavy atom. The van der Waals surface area contributed by atoms with Gasteiger partial charge in [-0.25, -0.2) is 4.79 Å². The molecule has 5 heteroatoms. The number of carbonyl (C=O) groups excluding carboxylic acids is 2. The lowest BCUT2D eigenvalue weighted by Crippen LogP contribution is -2.31. The van der Waals surface area contributed by atoms with Gasteiger partial charge >= 0.3 is 12.1 Å². The highest BCUT2D eigenvalue weighted by molar-refractivity contribution is 5.70. The number of hydrogen-bond donors (Lipinski definition) is 1. The second-order valence-corrected chi connectivity index (χ2v) is 4.78. The Morgan fingerprint density at radius 3 is 2.90 bits per heavy atom. The monoisotopic (exact) mass is 277 g/mol. The van der Waals surface area contributed by atoms with Gasteiger partial charge in [0.05, 0.1) is 0 Å². The Balaban J connectivity index is 1.59. The molecular formula is C15H19NO4. The number of alkyl carbamates (subject to hydrolysis) is 1. The molecule has 1 amide bonds. The molecule has 108 valence electrons. The zero-order valence-electron chi connectivity index (χ0n) is 11.3. The topological polar surface area (TPSA) is 64.6 Å². The molecule has 20 heavy (non-hydrogen) atoms. The van der Waals surface area contributed by atoms with Crippen LogP contribution in [-0.4, -0.2) is 24.7 Å². The first-order valence-electron chi connectivity index (χ1n) is 6.88. The molecule has 5 nitrogen and oxygen atoms in total. The highest BCUT2D eigenvalue weighted by Crippen LogP contribution is 2.16. The molecule has 1 aliphatic rings. The van der Waals surface area contributed by atoms with Gasteiger partial charge in [-0.2, -0.15) is 0 Å². The lowest BCUT2D eigenvalue weighted by Gasteiger charge is -2.22. The normalized spacial score (nSPS) is 18.2. The van der Waals surface area contributed by atoms with Crippen molar-refractivity contribution >= 4 is 12.1 Å². The molecule has 1 heterocycles. The summed E-state index contributed by atoms with van der Waals surface area (Å²) in [6.45, 7) is 0.705. The van der Waals surface area contributed by atoms with E-state index in [9.17, 15) is 9.59 Å².